The van der Waals surface area contributed by atoms with Gasteiger partial charge in [-0.3, -0.25) is 4.79 Å². The number of ether oxygens (including phenoxy) is 1. The van der Waals surface area contributed by atoms with Crippen molar-refractivity contribution in [3.8, 4) is 0 Å². The van der Waals surface area contributed by atoms with Crippen molar-refractivity contribution in [2.24, 2.45) is 0 Å². The molecule has 2 aromatic carbocycles. The summed E-state index contributed by atoms with van der Waals surface area (Å²) in [6.07, 6.45) is 2.30. The Hall–Kier alpha value is -2.44. The molecule has 1 saturated heterocycles. The third-order valence-corrected chi connectivity index (χ3v) is 5.41. The Morgan fingerprint density at radius 1 is 1.07 bits per heavy atom. The molecule has 1 aliphatic carbocycles. The van der Waals surface area contributed by atoms with Crippen LogP contribution in [-0.2, 0) is 16.1 Å². The lowest BCUT2D eigenvalue weighted by molar-refractivity contribution is -0.916. The highest BCUT2D eigenvalue weighted by atomic mass is 19.1. The number of anilines is 2. The van der Waals surface area contributed by atoms with Gasteiger partial charge in [0.05, 0.1) is 19.3 Å². The molecule has 1 atom stereocenters. The maximum atomic E-state index is 13.1. The maximum Gasteiger partial charge on any atom is 0.279 e. The maximum absolute atomic E-state index is 13.1. The molecule has 4 rings (SSSR count). The van der Waals surface area contributed by atoms with Gasteiger partial charge >= 0.3 is 0 Å². The van der Waals surface area contributed by atoms with Crippen molar-refractivity contribution in [1.29, 1.82) is 0 Å². The summed E-state index contributed by atoms with van der Waals surface area (Å²) in [6.45, 7) is 4.48. The number of amides is 1. The number of quaternary nitrogens is 1. The number of carbonyl (C=O) groups is 1. The molecule has 2 aliphatic rings. The molecule has 2 N–H and O–H groups in total. The van der Waals surface area contributed by atoms with Gasteiger partial charge in [0.15, 0.2) is 6.54 Å². The zero-order valence-corrected chi connectivity index (χ0v) is 16.0. The minimum absolute atomic E-state index is 0.0168. The second kappa shape index (κ2) is 8.71. The van der Waals surface area contributed by atoms with Crippen LogP contribution in [-0.4, -0.2) is 44.8 Å². The Kier molecular flexibility index (Phi) is 5.88. The van der Waals surface area contributed by atoms with Crippen molar-refractivity contribution in [1.82, 2.24) is 0 Å². The Balaban J connectivity index is 1.32. The molecule has 0 bridgehead atoms. The molecule has 0 spiro atoms. The first-order valence-corrected chi connectivity index (χ1v) is 9.99. The third-order valence-electron chi connectivity index (χ3n) is 5.41. The summed E-state index contributed by atoms with van der Waals surface area (Å²) < 4.78 is 18.5. The van der Waals surface area contributed by atoms with E-state index in [0.29, 0.717) is 12.6 Å². The Labute approximate surface area is 165 Å². The second-order valence-electron chi connectivity index (χ2n) is 7.61. The minimum Gasteiger partial charge on any atom is -0.378 e. The lowest BCUT2D eigenvalue weighted by Gasteiger charge is -2.28. The number of rotatable bonds is 7. The smallest absolute Gasteiger partial charge is 0.279 e. The number of carbonyl (C=O) groups excluding carboxylic acids is 1. The van der Waals surface area contributed by atoms with E-state index in [4.69, 9.17) is 4.74 Å². The van der Waals surface area contributed by atoms with E-state index in [-0.39, 0.29) is 11.7 Å². The fraction of sp³-hybridized carbons (Fsp3) is 0.409. The molecule has 1 saturated carbocycles. The van der Waals surface area contributed by atoms with Gasteiger partial charge in [0.1, 0.15) is 12.4 Å². The lowest BCUT2D eigenvalue weighted by atomic mass is 10.2. The van der Waals surface area contributed by atoms with Gasteiger partial charge < -0.3 is 19.9 Å². The summed E-state index contributed by atoms with van der Waals surface area (Å²) in [5.74, 6) is -0.210. The van der Waals surface area contributed by atoms with Gasteiger partial charge in [-0.1, -0.05) is 12.1 Å². The summed E-state index contributed by atoms with van der Waals surface area (Å²) in [5.41, 5.74) is 3.03. The standard InChI is InChI=1S/C22H26FN3O2/c23-18-3-1-17(2-4-18)15-26(21-9-10-21)16-22(27)24-19-5-7-20(8-6-19)25-11-13-28-14-12-25/h1-8,21H,9-16H2,(H,24,27)/p+1. The van der Waals surface area contributed by atoms with Crippen LogP contribution in [0.1, 0.15) is 18.4 Å². The minimum atomic E-state index is -0.227. The van der Waals surface area contributed by atoms with E-state index in [2.05, 4.69) is 10.2 Å². The van der Waals surface area contributed by atoms with E-state index in [1.165, 1.54) is 17.0 Å². The molecule has 28 heavy (non-hydrogen) atoms. The van der Waals surface area contributed by atoms with Gasteiger partial charge in [-0.15, -0.1) is 0 Å². The molecule has 5 nitrogen and oxygen atoms in total. The molecule has 0 radical (unpaired) electrons. The number of hydrogen-bond donors (Lipinski definition) is 2. The Morgan fingerprint density at radius 3 is 2.39 bits per heavy atom. The summed E-state index contributed by atoms with van der Waals surface area (Å²) in [4.78, 5) is 16.1. The van der Waals surface area contributed by atoms with Crippen LogP contribution in [0.5, 0.6) is 0 Å². The van der Waals surface area contributed by atoms with E-state index in [1.807, 2.05) is 24.3 Å². The SMILES string of the molecule is O=C(C[NH+](Cc1ccc(F)cc1)C1CC1)Nc1ccc(N2CCOCC2)cc1. The highest BCUT2D eigenvalue weighted by Crippen LogP contribution is 2.19. The van der Waals surface area contributed by atoms with Crippen LogP contribution in [0.4, 0.5) is 15.8 Å². The van der Waals surface area contributed by atoms with Crippen molar-refractivity contribution < 1.29 is 18.8 Å². The van der Waals surface area contributed by atoms with Crippen LogP contribution in [0.3, 0.4) is 0 Å². The van der Waals surface area contributed by atoms with E-state index in [0.717, 1.165) is 62.6 Å². The number of nitrogens with zero attached hydrogens (tertiary/aromatic N) is 1. The molecule has 1 aliphatic heterocycles. The number of nitrogens with one attached hydrogen (secondary N) is 2. The average Bonchev–Trinajstić information content (AvgIpc) is 3.56. The second-order valence-corrected chi connectivity index (χ2v) is 7.61. The molecular weight excluding hydrogens is 357 g/mol. The number of benzene rings is 2. The molecule has 1 heterocycles. The molecule has 2 fully saturated rings. The van der Waals surface area contributed by atoms with Crippen molar-refractivity contribution in [2.75, 3.05) is 43.1 Å². The van der Waals surface area contributed by atoms with Gasteiger partial charge in [0.25, 0.3) is 5.91 Å². The summed E-state index contributed by atoms with van der Waals surface area (Å²) in [5, 5.41) is 3.02. The molecule has 148 valence electrons. The number of hydrogen-bond acceptors (Lipinski definition) is 3. The first-order chi connectivity index (χ1) is 13.7. The van der Waals surface area contributed by atoms with Gasteiger partial charge in [0.2, 0.25) is 0 Å². The molecule has 0 aromatic heterocycles. The first-order valence-electron chi connectivity index (χ1n) is 9.99. The Bertz CT molecular complexity index is 784. The highest BCUT2D eigenvalue weighted by Gasteiger charge is 2.34. The molecule has 6 heteroatoms. The van der Waals surface area contributed by atoms with Crippen LogP contribution < -0.4 is 15.1 Å². The van der Waals surface area contributed by atoms with Crippen molar-refractivity contribution in [3.05, 3.63) is 59.9 Å². The topological polar surface area (TPSA) is 46.0 Å². The first kappa shape index (κ1) is 18.9. The molecular formula is C22H27FN3O2+. The van der Waals surface area contributed by atoms with E-state index in [1.54, 1.807) is 12.1 Å². The van der Waals surface area contributed by atoms with Crippen molar-refractivity contribution >= 4 is 17.3 Å². The largest absolute Gasteiger partial charge is 0.378 e. The zero-order chi connectivity index (χ0) is 19.3. The zero-order valence-electron chi connectivity index (χ0n) is 16.0. The number of morpholine rings is 1. The fourth-order valence-electron chi connectivity index (χ4n) is 3.70. The van der Waals surface area contributed by atoms with Crippen LogP contribution >= 0.6 is 0 Å². The number of halogens is 1. The summed E-state index contributed by atoms with van der Waals surface area (Å²) >= 11 is 0. The lowest BCUT2D eigenvalue weighted by Crippen LogP contribution is -3.13. The third kappa shape index (κ3) is 5.09. The molecule has 1 unspecified atom stereocenters. The van der Waals surface area contributed by atoms with Gasteiger partial charge in [-0.25, -0.2) is 4.39 Å². The van der Waals surface area contributed by atoms with Gasteiger partial charge in [-0.2, -0.15) is 0 Å². The molecule has 1 amide bonds. The summed E-state index contributed by atoms with van der Waals surface area (Å²) in [7, 11) is 0. The highest BCUT2D eigenvalue weighted by molar-refractivity contribution is 5.91. The van der Waals surface area contributed by atoms with Crippen LogP contribution in [0.2, 0.25) is 0 Å². The average molecular weight is 384 g/mol. The predicted molar refractivity (Wildman–Crippen MR) is 107 cm³/mol. The van der Waals surface area contributed by atoms with Gasteiger partial charge in [-0.05, 0) is 36.4 Å². The molecule has 2 aromatic rings. The quantitative estimate of drug-likeness (QED) is 0.766. The summed E-state index contributed by atoms with van der Waals surface area (Å²) in [6, 6.07) is 15.1. The van der Waals surface area contributed by atoms with Crippen molar-refractivity contribution in [2.45, 2.75) is 25.4 Å². The van der Waals surface area contributed by atoms with Crippen molar-refractivity contribution in [3.63, 3.8) is 0 Å². The normalized spacial score (nSPS) is 18.0. The Morgan fingerprint density at radius 2 is 1.75 bits per heavy atom. The monoisotopic (exact) mass is 384 g/mol. The van der Waals surface area contributed by atoms with E-state index in [9.17, 15) is 9.18 Å². The fourth-order valence-corrected chi connectivity index (χ4v) is 3.70. The predicted octanol–water partition coefficient (Wildman–Crippen LogP) is 1.85. The van der Waals surface area contributed by atoms with Crippen LogP contribution in [0.15, 0.2) is 48.5 Å². The van der Waals surface area contributed by atoms with Gasteiger partial charge in [0, 0.05) is 42.9 Å². The van der Waals surface area contributed by atoms with Crippen LogP contribution in [0.25, 0.3) is 0 Å². The van der Waals surface area contributed by atoms with Crippen LogP contribution in [0, 0.1) is 5.82 Å². The van der Waals surface area contributed by atoms with E-state index >= 15 is 0 Å². The van der Waals surface area contributed by atoms with E-state index < -0.39 is 0 Å².